The minimum atomic E-state index is -0.286. The third-order valence-electron chi connectivity index (χ3n) is 9.72. The zero-order chi connectivity index (χ0) is 45.0. The van der Waals surface area contributed by atoms with E-state index in [0.717, 1.165) is 60.8 Å². The topological polar surface area (TPSA) is 212 Å². The Labute approximate surface area is 374 Å². The first-order chi connectivity index (χ1) is 31.4. The number of hydrogen-bond donors (Lipinski definition) is 4. The van der Waals surface area contributed by atoms with Crippen molar-refractivity contribution < 1.29 is 42.9 Å². The van der Waals surface area contributed by atoms with Gasteiger partial charge in [0.05, 0.1) is 78.3 Å². The van der Waals surface area contributed by atoms with E-state index in [0.29, 0.717) is 103 Å². The molecule has 0 radical (unpaired) electrons. The highest BCUT2D eigenvalue weighted by molar-refractivity contribution is 6.04. The number of aromatic nitrogens is 3. The number of piperazine rings is 1. The number of nitrogens with one attached hydrogen (secondary N) is 4. The average molecular weight is 885 g/mol. The van der Waals surface area contributed by atoms with Crippen LogP contribution in [0, 0.1) is 6.92 Å². The third-order valence-corrected chi connectivity index (χ3v) is 9.72. The molecule has 19 nitrogen and oxygen atoms in total. The van der Waals surface area contributed by atoms with Gasteiger partial charge in [-0.3, -0.25) is 29.2 Å². The molecule has 3 heterocycles. The van der Waals surface area contributed by atoms with Gasteiger partial charge in [0.25, 0.3) is 11.8 Å². The van der Waals surface area contributed by atoms with Gasteiger partial charge in [-0.05, 0) is 60.5 Å². The van der Waals surface area contributed by atoms with Crippen LogP contribution in [0.5, 0.6) is 0 Å². The van der Waals surface area contributed by atoms with Crippen molar-refractivity contribution in [3.8, 4) is 11.3 Å². The van der Waals surface area contributed by atoms with E-state index in [-0.39, 0.29) is 24.3 Å². The maximum atomic E-state index is 13.2. The van der Waals surface area contributed by atoms with Crippen molar-refractivity contribution in [2.24, 2.45) is 5.16 Å². The second-order valence-corrected chi connectivity index (χ2v) is 14.5. The number of rotatable bonds is 30. The molecule has 0 unspecified atom stereocenters. The number of carbonyl (C=O) groups is 3. The van der Waals surface area contributed by atoms with Crippen LogP contribution in [-0.2, 0) is 44.7 Å². The van der Waals surface area contributed by atoms with E-state index in [9.17, 15) is 14.4 Å². The predicted molar refractivity (Wildman–Crippen MR) is 241 cm³/mol. The lowest BCUT2D eigenvalue weighted by molar-refractivity contribution is -0.126. The molecule has 4 aromatic rings. The summed E-state index contributed by atoms with van der Waals surface area (Å²) in [6, 6.07) is 19.0. The first-order valence-electron chi connectivity index (χ1n) is 21.3. The molecular weight excluding hydrogens is 825 g/mol. The summed E-state index contributed by atoms with van der Waals surface area (Å²) in [7, 11) is 0. The van der Waals surface area contributed by atoms with E-state index in [1.807, 2.05) is 67.6 Å². The molecule has 19 heteroatoms. The first-order valence-corrected chi connectivity index (χ1v) is 21.3. The molecule has 1 fully saturated rings. The summed E-state index contributed by atoms with van der Waals surface area (Å²) in [6.45, 7) is 14.4. The van der Waals surface area contributed by atoms with Gasteiger partial charge in [-0.25, -0.2) is 9.97 Å². The minimum absolute atomic E-state index is 0.0240. The molecule has 1 saturated heterocycles. The van der Waals surface area contributed by atoms with Crippen LogP contribution in [0.15, 0.2) is 84.4 Å². The van der Waals surface area contributed by atoms with E-state index in [1.54, 1.807) is 18.6 Å². The molecule has 344 valence electrons. The Morgan fingerprint density at radius 2 is 1.36 bits per heavy atom. The summed E-state index contributed by atoms with van der Waals surface area (Å²) in [4.78, 5) is 59.3. The highest BCUT2D eigenvalue weighted by Crippen LogP contribution is 2.25. The summed E-state index contributed by atoms with van der Waals surface area (Å²) in [5, 5.41) is 15.0. The number of anilines is 3. The minimum Gasteiger partial charge on any atom is -0.386 e. The average Bonchev–Trinajstić information content (AvgIpc) is 3.31. The molecule has 64 heavy (non-hydrogen) atoms. The van der Waals surface area contributed by atoms with Crippen LogP contribution in [-0.4, -0.2) is 168 Å². The lowest BCUT2D eigenvalue weighted by Crippen LogP contribution is -2.49. The molecule has 0 aliphatic carbocycles. The fraction of sp³-hybridized carbons (Fsp3) is 0.444. The van der Waals surface area contributed by atoms with Crippen molar-refractivity contribution >= 4 is 41.8 Å². The lowest BCUT2D eigenvalue weighted by atomic mass is 10.1. The maximum absolute atomic E-state index is 13.2. The molecule has 0 spiro atoms. The molecule has 0 bridgehead atoms. The van der Waals surface area contributed by atoms with E-state index in [1.165, 1.54) is 0 Å². The zero-order valence-electron chi connectivity index (χ0n) is 36.5. The number of hydrogen-bond acceptors (Lipinski definition) is 16. The van der Waals surface area contributed by atoms with Gasteiger partial charge in [0.2, 0.25) is 11.9 Å². The summed E-state index contributed by atoms with van der Waals surface area (Å²) < 4.78 is 27.4. The smallest absolute Gasteiger partial charge is 0.260 e. The quantitative estimate of drug-likeness (QED) is 0.0337. The molecule has 0 atom stereocenters. The van der Waals surface area contributed by atoms with Crippen LogP contribution in [0.3, 0.4) is 0 Å². The number of ether oxygens (including phenoxy) is 5. The zero-order valence-corrected chi connectivity index (χ0v) is 36.5. The van der Waals surface area contributed by atoms with Gasteiger partial charge in [-0.15, -0.1) is 5.16 Å². The summed E-state index contributed by atoms with van der Waals surface area (Å²) in [5.41, 5.74) is 5.74. The van der Waals surface area contributed by atoms with Crippen LogP contribution < -0.4 is 21.3 Å². The number of oxime groups is 1. The van der Waals surface area contributed by atoms with Gasteiger partial charge in [0.15, 0.2) is 6.61 Å². The van der Waals surface area contributed by atoms with Crippen molar-refractivity contribution in [2.75, 3.05) is 129 Å². The van der Waals surface area contributed by atoms with Crippen LogP contribution in [0.25, 0.3) is 11.3 Å². The van der Waals surface area contributed by atoms with Gasteiger partial charge >= 0.3 is 0 Å². The van der Waals surface area contributed by atoms with Crippen LogP contribution in [0.1, 0.15) is 21.5 Å². The van der Waals surface area contributed by atoms with Crippen molar-refractivity contribution in [2.45, 2.75) is 13.5 Å². The molecule has 3 amide bonds. The van der Waals surface area contributed by atoms with E-state index in [2.05, 4.69) is 62.7 Å². The number of aryl methyl sites for hydroxylation is 1. The first kappa shape index (κ1) is 49.1. The Morgan fingerprint density at radius 1 is 0.734 bits per heavy atom. The molecule has 5 rings (SSSR count). The van der Waals surface area contributed by atoms with Gasteiger partial charge in [0.1, 0.15) is 0 Å². The Kier molecular flexibility index (Phi) is 22.0. The van der Waals surface area contributed by atoms with Crippen molar-refractivity contribution in [3.63, 3.8) is 0 Å². The number of pyridine rings is 1. The largest absolute Gasteiger partial charge is 0.386 e. The maximum Gasteiger partial charge on any atom is 0.260 e. The monoisotopic (exact) mass is 884 g/mol. The molecule has 2 aromatic carbocycles. The summed E-state index contributed by atoms with van der Waals surface area (Å²) in [5.74, 6) is -0.0671. The number of benzene rings is 2. The molecular formula is C45H60N10O9. The summed E-state index contributed by atoms with van der Waals surface area (Å²) in [6.07, 6.45) is 5.17. The lowest BCUT2D eigenvalue weighted by Gasteiger charge is -2.34. The Balaban J connectivity index is 0.849. The molecule has 1 aliphatic heterocycles. The number of amides is 3. The van der Waals surface area contributed by atoms with Crippen molar-refractivity contribution in [1.82, 2.24) is 35.4 Å². The van der Waals surface area contributed by atoms with E-state index < -0.39 is 0 Å². The fourth-order valence-corrected chi connectivity index (χ4v) is 6.30. The molecule has 1 aliphatic rings. The number of carbonyl (C=O) groups excluding carboxylic acids is 3. The fourth-order valence-electron chi connectivity index (χ4n) is 6.30. The normalized spacial score (nSPS) is 13.0. The van der Waals surface area contributed by atoms with Crippen LogP contribution >= 0.6 is 0 Å². The standard InChI is InChI=1S/C45H60N10O9/c1-35-5-10-39(30-41(35)53-45-50-13-11-40(52-45)38-4-3-12-47-31-38)51-44(58)37-8-6-36(7-9-37)32-54-16-18-55(19-17-54)33-42(56)48-14-20-59-22-24-61-26-28-63-29-27-62-25-23-60-21-15-49-43(57)34-64-46-2/h3-13,30-31H,2,14-29,32-34H2,1H3,(H,48,56)(H,49,57)(H,51,58)(H,50,52,53). The van der Waals surface area contributed by atoms with Crippen molar-refractivity contribution in [1.29, 1.82) is 0 Å². The van der Waals surface area contributed by atoms with Gasteiger partial charge < -0.3 is 49.8 Å². The highest BCUT2D eigenvalue weighted by atomic mass is 16.6. The van der Waals surface area contributed by atoms with Gasteiger partial charge in [0, 0.05) is 93.6 Å². The Morgan fingerprint density at radius 3 is 1.98 bits per heavy atom. The second-order valence-electron chi connectivity index (χ2n) is 14.5. The van der Waals surface area contributed by atoms with Gasteiger partial charge in [-0.1, -0.05) is 18.2 Å². The van der Waals surface area contributed by atoms with E-state index >= 15 is 0 Å². The van der Waals surface area contributed by atoms with Gasteiger partial charge in [-0.2, -0.15) is 0 Å². The molecule has 0 saturated carbocycles. The van der Waals surface area contributed by atoms with Crippen LogP contribution in [0.4, 0.5) is 17.3 Å². The molecule has 4 N–H and O–H groups in total. The third kappa shape index (κ3) is 18.8. The van der Waals surface area contributed by atoms with Crippen molar-refractivity contribution in [3.05, 3.63) is 95.9 Å². The Hall–Kier alpha value is -5.93. The number of nitrogens with zero attached hydrogens (tertiary/aromatic N) is 6. The Bertz CT molecular complexity index is 2000. The predicted octanol–water partition coefficient (Wildman–Crippen LogP) is 2.91. The van der Waals surface area contributed by atoms with E-state index in [4.69, 9.17) is 23.7 Å². The summed E-state index contributed by atoms with van der Waals surface area (Å²) >= 11 is 0. The highest BCUT2D eigenvalue weighted by Gasteiger charge is 2.19. The SMILES string of the molecule is C=NOCC(=O)NCCOCCOCCOCCOCCOCCNC(=O)CN1CCN(Cc2ccc(C(=O)Nc3ccc(C)c(Nc4nccc(-c5cccnc5)n4)c3)cc2)CC1. The van der Waals surface area contributed by atoms with Crippen LogP contribution in [0.2, 0.25) is 0 Å². The molecule has 2 aromatic heterocycles. The second kappa shape index (κ2) is 28.7.